The molecular weight excluding hydrogens is 253 g/mol. The summed E-state index contributed by atoms with van der Waals surface area (Å²) in [4.78, 5) is 6.34. The fourth-order valence-corrected chi connectivity index (χ4v) is 2.05. The second kappa shape index (κ2) is 6.37. The molecule has 20 heavy (non-hydrogen) atoms. The van der Waals surface area contributed by atoms with Crippen LogP contribution in [0.3, 0.4) is 0 Å². The Bertz CT molecular complexity index is 535. The normalized spacial score (nSPS) is 12.0. The van der Waals surface area contributed by atoms with Crippen LogP contribution in [0.15, 0.2) is 42.6 Å². The van der Waals surface area contributed by atoms with Crippen molar-refractivity contribution in [3.05, 3.63) is 54.0 Å². The lowest BCUT2D eigenvalue weighted by Gasteiger charge is -2.19. The minimum absolute atomic E-state index is 0.155. The second-order valence-corrected chi connectivity index (χ2v) is 4.96. The van der Waals surface area contributed by atoms with Gasteiger partial charge in [0, 0.05) is 14.1 Å². The van der Waals surface area contributed by atoms with E-state index in [2.05, 4.69) is 17.2 Å². The number of hydrogen-bond acceptors (Lipinski definition) is 3. The van der Waals surface area contributed by atoms with Crippen LogP contribution in [0.5, 0.6) is 0 Å². The van der Waals surface area contributed by atoms with Crippen molar-refractivity contribution in [2.75, 3.05) is 24.3 Å². The molecule has 0 bridgehead atoms. The molecule has 3 nitrogen and oxygen atoms in total. The maximum atomic E-state index is 13.0. The number of anilines is 2. The molecule has 2 rings (SSSR count). The van der Waals surface area contributed by atoms with Crippen LogP contribution in [0.4, 0.5) is 15.9 Å². The monoisotopic (exact) mass is 273 g/mol. The third kappa shape index (κ3) is 3.47. The molecule has 1 N–H and O–H groups in total. The maximum Gasteiger partial charge on any atom is 0.128 e. The first-order valence-electron chi connectivity index (χ1n) is 6.75. The minimum Gasteiger partial charge on any atom is -0.377 e. The van der Waals surface area contributed by atoms with Crippen molar-refractivity contribution < 1.29 is 4.39 Å². The number of aromatic nitrogens is 1. The van der Waals surface area contributed by atoms with Crippen molar-refractivity contribution in [3.63, 3.8) is 0 Å². The van der Waals surface area contributed by atoms with Gasteiger partial charge >= 0.3 is 0 Å². The molecule has 1 aromatic carbocycles. The summed E-state index contributed by atoms with van der Waals surface area (Å²) in [6.07, 6.45) is 2.74. The summed E-state index contributed by atoms with van der Waals surface area (Å²) in [5, 5.41) is 3.43. The van der Waals surface area contributed by atoms with Crippen LogP contribution in [-0.2, 0) is 0 Å². The van der Waals surface area contributed by atoms with Crippen LogP contribution in [0.1, 0.15) is 24.9 Å². The molecule has 0 aliphatic rings. The van der Waals surface area contributed by atoms with Gasteiger partial charge in [0.05, 0.1) is 17.9 Å². The highest BCUT2D eigenvalue weighted by molar-refractivity contribution is 5.49. The SMILES string of the molecule is CCC(Nc1ccc(N(C)C)nc1)c1ccc(F)cc1. The number of nitrogens with one attached hydrogen (secondary N) is 1. The largest absolute Gasteiger partial charge is 0.377 e. The lowest BCUT2D eigenvalue weighted by atomic mass is 10.0. The van der Waals surface area contributed by atoms with Crippen molar-refractivity contribution >= 4 is 11.5 Å². The predicted octanol–water partition coefficient (Wildman–Crippen LogP) is 3.85. The topological polar surface area (TPSA) is 28.2 Å². The van der Waals surface area contributed by atoms with Gasteiger partial charge in [-0.15, -0.1) is 0 Å². The Balaban J connectivity index is 2.11. The molecule has 0 saturated heterocycles. The molecule has 106 valence electrons. The molecule has 4 heteroatoms. The first kappa shape index (κ1) is 14.3. The highest BCUT2D eigenvalue weighted by Gasteiger charge is 2.09. The Kier molecular flexibility index (Phi) is 4.56. The van der Waals surface area contributed by atoms with E-state index in [9.17, 15) is 4.39 Å². The lowest BCUT2D eigenvalue weighted by Crippen LogP contribution is -2.12. The fraction of sp³-hybridized carbons (Fsp3) is 0.312. The van der Waals surface area contributed by atoms with E-state index in [0.717, 1.165) is 23.5 Å². The van der Waals surface area contributed by atoms with E-state index in [1.165, 1.54) is 12.1 Å². The van der Waals surface area contributed by atoms with Crippen molar-refractivity contribution in [2.45, 2.75) is 19.4 Å². The quantitative estimate of drug-likeness (QED) is 0.897. The predicted molar refractivity (Wildman–Crippen MR) is 81.6 cm³/mol. The Morgan fingerprint density at radius 2 is 1.85 bits per heavy atom. The number of halogens is 1. The van der Waals surface area contributed by atoms with Crippen LogP contribution in [0.25, 0.3) is 0 Å². The van der Waals surface area contributed by atoms with Crippen LogP contribution in [0, 0.1) is 5.82 Å². The van der Waals surface area contributed by atoms with E-state index < -0.39 is 0 Å². The minimum atomic E-state index is -0.208. The number of hydrogen-bond donors (Lipinski definition) is 1. The summed E-state index contributed by atoms with van der Waals surface area (Å²) in [5.41, 5.74) is 2.04. The number of benzene rings is 1. The zero-order valence-electron chi connectivity index (χ0n) is 12.1. The Morgan fingerprint density at radius 3 is 2.35 bits per heavy atom. The standard InChI is InChI=1S/C16H20FN3/c1-4-15(12-5-7-13(17)8-6-12)19-14-9-10-16(18-11-14)20(2)3/h5-11,15,19H,4H2,1-3H3. The third-order valence-electron chi connectivity index (χ3n) is 3.23. The highest BCUT2D eigenvalue weighted by atomic mass is 19.1. The van der Waals surface area contributed by atoms with Crippen molar-refractivity contribution in [3.8, 4) is 0 Å². The fourth-order valence-electron chi connectivity index (χ4n) is 2.05. The molecule has 0 spiro atoms. The molecular formula is C16H20FN3. The van der Waals surface area contributed by atoms with E-state index in [1.807, 2.05) is 49.5 Å². The Labute approximate surface area is 119 Å². The number of pyridine rings is 1. The van der Waals surface area contributed by atoms with Crippen LogP contribution >= 0.6 is 0 Å². The molecule has 0 aliphatic carbocycles. The molecule has 0 saturated carbocycles. The van der Waals surface area contributed by atoms with Gasteiger partial charge in [0.2, 0.25) is 0 Å². The van der Waals surface area contributed by atoms with Gasteiger partial charge in [-0.2, -0.15) is 0 Å². The number of rotatable bonds is 5. The first-order valence-corrected chi connectivity index (χ1v) is 6.75. The van der Waals surface area contributed by atoms with Crippen molar-refractivity contribution in [1.82, 2.24) is 4.98 Å². The van der Waals surface area contributed by atoms with E-state index in [4.69, 9.17) is 0 Å². The summed E-state index contributed by atoms with van der Waals surface area (Å²) in [6.45, 7) is 2.10. The molecule has 0 amide bonds. The molecule has 0 aliphatic heterocycles. The highest BCUT2D eigenvalue weighted by Crippen LogP contribution is 2.23. The van der Waals surface area contributed by atoms with Gasteiger partial charge in [-0.3, -0.25) is 0 Å². The summed E-state index contributed by atoms with van der Waals surface area (Å²) in [7, 11) is 3.92. The van der Waals surface area contributed by atoms with Crippen LogP contribution in [-0.4, -0.2) is 19.1 Å². The van der Waals surface area contributed by atoms with Gasteiger partial charge in [0.25, 0.3) is 0 Å². The van der Waals surface area contributed by atoms with E-state index in [-0.39, 0.29) is 11.9 Å². The molecule has 1 atom stereocenters. The molecule has 0 fully saturated rings. The summed E-state index contributed by atoms with van der Waals surface area (Å²) < 4.78 is 13.0. The van der Waals surface area contributed by atoms with Crippen LogP contribution < -0.4 is 10.2 Å². The molecule has 2 aromatic rings. The smallest absolute Gasteiger partial charge is 0.128 e. The van der Waals surface area contributed by atoms with Gasteiger partial charge in [-0.25, -0.2) is 9.37 Å². The van der Waals surface area contributed by atoms with Gasteiger partial charge < -0.3 is 10.2 Å². The molecule has 0 radical (unpaired) electrons. The summed E-state index contributed by atoms with van der Waals surface area (Å²) in [5.74, 6) is 0.714. The van der Waals surface area contributed by atoms with Gasteiger partial charge in [-0.1, -0.05) is 19.1 Å². The summed E-state index contributed by atoms with van der Waals surface area (Å²) in [6, 6.07) is 10.8. The number of nitrogens with zero attached hydrogens (tertiary/aromatic N) is 2. The zero-order chi connectivity index (χ0) is 14.5. The molecule has 1 heterocycles. The van der Waals surface area contributed by atoms with E-state index >= 15 is 0 Å². The third-order valence-corrected chi connectivity index (χ3v) is 3.23. The average molecular weight is 273 g/mol. The van der Waals surface area contributed by atoms with Crippen molar-refractivity contribution in [1.29, 1.82) is 0 Å². The van der Waals surface area contributed by atoms with Gasteiger partial charge in [0.1, 0.15) is 11.6 Å². The first-order chi connectivity index (χ1) is 9.60. The average Bonchev–Trinajstić information content (AvgIpc) is 2.46. The van der Waals surface area contributed by atoms with E-state index in [1.54, 1.807) is 0 Å². The zero-order valence-corrected chi connectivity index (χ0v) is 12.1. The maximum absolute atomic E-state index is 13.0. The Morgan fingerprint density at radius 1 is 1.15 bits per heavy atom. The van der Waals surface area contributed by atoms with Gasteiger partial charge in [-0.05, 0) is 36.2 Å². The Hall–Kier alpha value is -2.10. The van der Waals surface area contributed by atoms with E-state index in [0.29, 0.717) is 0 Å². The van der Waals surface area contributed by atoms with Crippen molar-refractivity contribution in [2.24, 2.45) is 0 Å². The molecule has 1 aromatic heterocycles. The van der Waals surface area contributed by atoms with Crippen LogP contribution in [0.2, 0.25) is 0 Å². The summed E-state index contributed by atoms with van der Waals surface area (Å²) >= 11 is 0. The lowest BCUT2D eigenvalue weighted by molar-refractivity contribution is 0.625. The van der Waals surface area contributed by atoms with Gasteiger partial charge in [0.15, 0.2) is 0 Å². The molecule has 1 unspecified atom stereocenters. The second-order valence-electron chi connectivity index (χ2n) is 4.96.